The van der Waals surface area contributed by atoms with Crippen molar-refractivity contribution < 1.29 is 14.1 Å². The third-order valence-corrected chi connectivity index (χ3v) is 4.03. The van der Waals surface area contributed by atoms with E-state index in [1.54, 1.807) is 11.8 Å². The molecule has 0 saturated carbocycles. The Morgan fingerprint density at radius 1 is 1.36 bits per heavy atom. The number of piperidine rings is 1. The van der Waals surface area contributed by atoms with Crippen LogP contribution >= 0.6 is 0 Å². The normalized spacial score (nSPS) is 15.2. The molecule has 25 heavy (non-hydrogen) atoms. The van der Waals surface area contributed by atoms with E-state index in [1.807, 2.05) is 0 Å². The number of hydrogen-bond acceptors (Lipinski definition) is 7. The molecule has 0 aromatic carbocycles. The summed E-state index contributed by atoms with van der Waals surface area (Å²) in [4.78, 5) is 41.2. The standard InChI is InChI=1S/C15H18N6O4/c1-9-17-13(25-20-9)8-16-14(23)10-4-6-21(7-5-10)15(24)11-2-3-12(22)19-18-11/h2-3,10H,4-8H2,1H3,(H,16,23)(H,19,22). The lowest BCUT2D eigenvalue weighted by Gasteiger charge is -2.30. The molecule has 2 aromatic heterocycles. The molecule has 0 unspecified atom stereocenters. The molecule has 0 bridgehead atoms. The average Bonchev–Trinajstić information content (AvgIpc) is 3.05. The molecule has 10 heteroatoms. The van der Waals surface area contributed by atoms with Crippen LogP contribution in [0.25, 0.3) is 0 Å². The van der Waals surface area contributed by atoms with Crippen LogP contribution in [0.15, 0.2) is 21.5 Å². The Labute approximate surface area is 142 Å². The fraction of sp³-hybridized carbons (Fsp3) is 0.467. The predicted octanol–water partition coefficient (Wildman–Crippen LogP) is -0.370. The summed E-state index contributed by atoms with van der Waals surface area (Å²) >= 11 is 0. The molecule has 0 spiro atoms. The van der Waals surface area contributed by atoms with Crippen LogP contribution in [0.2, 0.25) is 0 Å². The van der Waals surface area contributed by atoms with Crippen molar-refractivity contribution in [1.29, 1.82) is 0 Å². The number of rotatable bonds is 4. The van der Waals surface area contributed by atoms with Crippen molar-refractivity contribution in [1.82, 2.24) is 30.6 Å². The highest BCUT2D eigenvalue weighted by Gasteiger charge is 2.28. The minimum atomic E-state index is -0.358. The summed E-state index contributed by atoms with van der Waals surface area (Å²) in [7, 11) is 0. The van der Waals surface area contributed by atoms with Crippen LogP contribution in [0, 0.1) is 12.8 Å². The number of aromatic amines is 1. The zero-order valence-corrected chi connectivity index (χ0v) is 13.7. The smallest absolute Gasteiger partial charge is 0.274 e. The van der Waals surface area contributed by atoms with Gasteiger partial charge in [0, 0.05) is 25.1 Å². The van der Waals surface area contributed by atoms with Gasteiger partial charge >= 0.3 is 0 Å². The van der Waals surface area contributed by atoms with Crippen molar-refractivity contribution in [2.75, 3.05) is 13.1 Å². The van der Waals surface area contributed by atoms with E-state index in [-0.39, 0.29) is 35.5 Å². The molecule has 1 aliphatic rings. The second-order valence-corrected chi connectivity index (χ2v) is 5.83. The van der Waals surface area contributed by atoms with Gasteiger partial charge in [-0.05, 0) is 25.8 Å². The summed E-state index contributed by atoms with van der Waals surface area (Å²) in [6.07, 6.45) is 1.12. The maximum Gasteiger partial charge on any atom is 0.274 e. The maximum atomic E-state index is 12.3. The van der Waals surface area contributed by atoms with Gasteiger partial charge in [-0.15, -0.1) is 0 Å². The second-order valence-electron chi connectivity index (χ2n) is 5.83. The first-order chi connectivity index (χ1) is 12.0. The van der Waals surface area contributed by atoms with Crippen LogP contribution in [-0.4, -0.2) is 50.1 Å². The van der Waals surface area contributed by atoms with Crippen LogP contribution in [-0.2, 0) is 11.3 Å². The minimum absolute atomic E-state index is 0.0925. The van der Waals surface area contributed by atoms with Gasteiger partial charge in [0.15, 0.2) is 5.82 Å². The fourth-order valence-electron chi connectivity index (χ4n) is 2.69. The van der Waals surface area contributed by atoms with E-state index in [2.05, 4.69) is 25.7 Å². The van der Waals surface area contributed by atoms with Gasteiger partial charge in [0.2, 0.25) is 11.8 Å². The molecule has 1 aliphatic heterocycles. The average molecular weight is 346 g/mol. The maximum absolute atomic E-state index is 12.3. The molecule has 2 aromatic rings. The quantitative estimate of drug-likeness (QED) is 0.771. The summed E-state index contributed by atoms with van der Waals surface area (Å²) in [5, 5.41) is 12.4. The molecular weight excluding hydrogens is 328 g/mol. The van der Waals surface area contributed by atoms with E-state index in [4.69, 9.17) is 4.52 Å². The van der Waals surface area contributed by atoms with Crippen LogP contribution in [0.3, 0.4) is 0 Å². The number of likely N-dealkylation sites (tertiary alicyclic amines) is 1. The van der Waals surface area contributed by atoms with Gasteiger partial charge in [0.05, 0.1) is 6.54 Å². The zero-order chi connectivity index (χ0) is 17.8. The molecule has 0 aliphatic carbocycles. The number of carbonyl (C=O) groups excluding carboxylic acids is 2. The Hall–Kier alpha value is -3.04. The first-order valence-electron chi connectivity index (χ1n) is 7.95. The number of nitrogens with zero attached hydrogens (tertiary/aromatic N) is 4. The van der Waals surface area contributed by atoms with Crippen molar-refractivity contribution in [3.8, 4) is 0 Å². The Morgan fingerprint density at radius 3 is 2.72 bits per heavy atom. The van der Waals surface area contributed by atoms with Crippen molar-refractivity contribution in [3.63, 3.8) is 0 Å². The molecular formula is C15H18N6O4. The van der Waals surface area contributed by atoms with Crippen LogP contribution in [0.5, 0.6) is 0 Å². The highest BCUT2D eigenvalue weighted by atomic mass is 16.5. The van der Waals surface area contributed by atoms with Gasteiger partial charge in [-0.3, -0.25) is 14.4 Å². The van der Waals surface area contributed by atoms with Gasteiger partial charge in [-0.1, -0.05) is 5.16 Å². The van der Waals surface area contributed by atoms with E-state index < -0.39 is 0 Å². The Kier molecular flexibility index (Phi) is 4.87. The lowest BCUT2D eigenvalue weighted by Crippen LogP contribution is -2.43. The van der Waals surface area contributed by atoms with E-state index in [0.29, 0.717) is 37.6 Å². The summed E-state index contributed by atoms with van der Waals surface area (Å²) in [6.45, 7) is 2.81. The van der Waals surface area contributed by atoms with Crippen LogP contribution in [0.1, 0.15) is 35.0 Å². The monoisotopic (exact) mass is 346 g/mol. The van der Waals surface area contributed by atoms with Gasteiger partial charge in [0.25, 0.3) is 11.5 Å². The highest BCUT2D eigenvalue weighted by molar-refractivity contribution is 5.92. The van der Waals surface area contributed by atoms with E-state index >= 15 is 0 Å². The second kappa shape index (κ2) is 7.24. The SMILES string of the molecule is Cc1noc(CNC(=O)C2CCN(C(=O)c3ccc(=O)[nH]n3)CC2)n1. The summed E-state index contributed by atoms with van der Waals surface area (Å²) in [5.74, 6) is 0.368. The van der Waals surface area contributed by atoms with Gasteiger partial charge in [0.1, 0.15) is 5.69 Å². The van der Waals surface area contributed by atoms with E-state index in [9.17, 15) is 14.4 Å². The number of carbonyl (C=O) groups is 2. The molecule has 3 rings (SSSR count). The van der Waals surface area contributed by atoms with Crippen LogP contribution < -0.4 is 10.9 Å². The fourth-order valence-corrected chi connectivity index (χ4v) is 2.69. The lowest BCUT2D eigenvalue weighted by molar-refractivity contribution is -0.126. The molecule has 1 fully saturated rings. The molecule has 1 saturated heterocycles. The number of H-pyrrole nitrogens is 1. The number of amides is 2. The van der Waals surface area contributed by atoms with Crippen molar-refractivity contribution in [2.24, 2.45) is 5.92 Å². The largest absolute Gasteiger partial charge is 0.347 e. The van der Waals surface area contributed by atoms with Gasteiger partial charge in [-0.25, -0.2) is 5.10 Å². The van der Waals surface area contributed by atoms with Crippen molar-refractivity contribution >= 4 is 11.8 Å². The molecule has 10 nitrogen and oxygen atoms in total. The third kappa shape index (κ3) is 4.08. The molecule has 3 heterocycles. The Bertz CT molecular complexity index is 801. The van der Waals surface area contributed by atoms with E-state index in [1.165, 1.54) is 12.1 Å². The predicted molar refractivity (Wildman–Crippen MR) is 84.4 cm³/mol. The topological polar surface area (TPSA) is 134 Å². The minimum Gasteiger partial charge on any atom is -0.347 e. The summed E-state index contributed by atoms with van der Waals surface area (Å²) in [6, 6.07) is 2.66. The Morgan fingerprint density at radius 2 is 2.12 bits per heavy atom. The molecule has 0 atom stereocenters. The molecule has 132 valence electrons. The first-order valence-corrected chi connectivity index (χ1v) is 7.95. The van der Waals surface area contributed by atoms with Crippen LogP contribution in [0.4, 0.5) is 0 Å². The number of aryl methyl sites for hydroxylation is 1. The van der Waals surface area contributed by atoms with Crippen molar-refractivity contribution in [2.45, 2.75) is 26.3 Å². The summed E-state index contributed by atoms with van der Waals surface area (Å²) < 4.78 is 4.95. The third-order valence-electron chi connectivity index (χ3n) is 4.03. The number of hydrogen-bond donors (Lipinski definition) is 2. The molecule has 0 radical (unpaired) electrons. The zero-order valence-electron chi connectivity index (χ0n) is 13.7. The van der Waals surface area contributed by atoms with Gasteiger partial charge in [-0.2, -0.15) is 10.1 Å². The number of nitrogens with one attached hydrogen (secondary N) is 2. The molecule has 2 N–H and O–H groups in total. The van der Waals surface area contributed by atoms with Crippen molar-refractivity contribution in [3.05, 3.63) is 39.9 Å². The van der Waals surface area contributed by atoms with E-state index in [0.717, 1.165) is 0 Å². The highest BCUT2D eigenvalue weighted by Crippen LogP contribution is 2.18. The summed E-state index contributed by atoms with van der Waals surface area (Å²) in [5.41, 5.74) is -0.169. The van der Waals surface area contributed by atoms with Gasteiger partial charge < -0.3 is 14.7 Å². The lowest BCUT2D eigenvalue weighted by atomic mass is 9.95. The Balaban J connectivity index is 1.49. The first kappa shape index (κ1) is 16.8. The number of aromatic nitrogens is 4. The molecule has 2 amide bonds.